The molecule has 0 amide bonds. The molecule has 19 heavy (non-hydrogen) atoms. The Kier molecular flexibility index (Phi) is 7.74. The fourth-order valence-corrected chi connectivity index (χ4v) is 2.45. The van der Waals surface area contributed by atoms with Gasteiger partial charge in [-0.2, -0.15) is 0 Å². The minimum Gasteiger partial charge on any atom is -0.396 e. The summed E-state index contributed by atoms with van der Waals surface area (Å²) in [5, 5.41) is 15.6. The van der Waals surface area contributed by atoms with E-state index >= 15 is 0 Å². The molecule has 0 saturated carbocycles. The summed E-state index contributed by atoms with van der Waals surface area (Å²) in [5.41, 5.74) is 0. The Morgan fingerprint density at radius 2 is 1.89 bits per heavy atom. The standard InChI is InChI=1S/C13H23BrN4O/c1-3-5-10(6-7-19)8-16-13-11(14)12(15-4-2)17-9-18-13/h9-10,19H,3-8H2,1-2H3,(H2,15,16,17,18). The van der Waals surface area contributed by atoms with Crippen LogP contribution in [0, 0.1) is 5.92 Å². The first kappa shape index (κ1) is 16.2. The third kappa shape index (κ3) is 5.32. The van der Waals surface area contributed by atoms with Crippen molar-refractivity contribution in [3.05, 3.63) is 10.8 Å². The van der Waals surface area contributed by atoms with E-state index in [2.05, 4.69) is 43.5 Å². The number of anilines is 2. The third-order valence-corrected chi connectivity index (χ3v) is 3.68. The van der Waals surface area contributed by atoms with Crippen LogP contribution in [0.15, 0.2) is 10.8 Å². The Balaban J connectivity index is 2.63. The predicted octanol–water partition coefficient (Wildman–Crippen LogP) is 2.88. The maximum Gasteiger partial charge on any atom is 0.145 e. The maximum atomic E-state index is 9.06. The summed E-state index contributed by atoms with van der Waals surface area (Å²) in [6.45, 7) is 6.06. The van der Waals surface area contributed by atoms with Gasteiger partial charge in [0, 0.05) is 19.7 Å². The number of hydrogen-bond acceptors (Lipinski definition) is 5. The number of halogens is 1. The topological polar surface area (TPSA) is 70.1 Å². The Bertz CT molecular complexity index is 370. The summed E-state index contributed by atoms with van der Waals surface area (Å²) in [5.74, 6) is 2.07. The summed E-state index contributed by atoms with van der Waals surface area (Å²) in [6, 6.07) is 0. The zero-order valence-electron chi connectivity index (χ0n) is 11.6. The summed E-state index contributed by atoms with van der Waals surface area (Å²) in [4.78, 5) is 8.42. The molecule has 1 heterocycles. The minimum absolute atomic E-state index is 0.236. The van der Waals surface area contributed by atoms with Gasteiger partial charge in [0.2, 0.25) is 0 Å². The van der Waals surface area contributed by atoms with Crippen molar-refractivity contribution in [3.63, 3.8) is 0 Å². The minimum atomic E-state index is 0.236. The van der Waals surface area contributed by atoms with E-state index in [1.165, 1.54) is 0 Å². The van der Waals surface area contributed by atoms with Gasteiger partial charge in [0.05, 0.1) is 0 Å². The molecule has 1 unspecified atom stereocenters. The largest absolute Gasteiger partial charge is 0.396 e. The number of aliphatic hydroxyl groups excluding tert-OH is 1. The molecular weight excluding hydrogens is 308 g/mol. The van der Waals surface area contributed by atoms with Crippen molar-refractivity contribution in [2.75, 3.05) is 30.3 Å². The van der Waals surface area contributed by atoms with Gasteiger partial charge in [0.1, 0.15) is 22.4 Å². The smallest absolute Gasteiger partial charge is 0.145 e. The van der Waals surface area contributed by atoms with E-state index in [1.54, 1.807) is 6.33 Å². The van der Waals surface area contributed by atoms with Crippen LogP contribution in [0.2, 0.25) is 0 Å². The van der Waals surface area contributed by atoms with Crippen LogP contribution in [-0.4, -0.2) is 34.8 Å². The van der Waals surface area contributed by atoms with Crippen LogP contribution in [0.25, 0.3) is 0 Å². The van der Waals surface area contributed by atoms with E-state index in [0.29, 0.717) is 5.92 Å². The van der Waals surface area contributed by atoms with Gasteiger partial charge in [-0.25, -0.2) is 9.97 Å². The van der Waals surface area contributed by atoms with Crippen LogP contribution in [0.1, 0.15) is 33.1 Å². The molecule has 0 saturated heterocycles. The van der Waals surface area contributed by atoms with E-state index in [0.717, 1.165) is 48.5 Å². The molecule has 0 bridgehead atoms. The van der Waals surface area contributed by atoms with Crippen LogP contribution in [0.3, 0.4) is 0 Å². The van der Waals surface area contributed by atoms with E-state index in [4.69, 9.17) is 5.11 Å². The second-order valence-corrected chi connectivity index (χ2v) is 5.26. The summed E-state index contributed by atoms with van der Waals surface area (Å²) in [6.07, 6.45) is 4.60. The van der Waals surface area contributed by atoms with Crippen LogP contribution in [-0.2, 0) is 0 Å². The highest BCUT2D eigenvalue weighted by Crippen LogP contribution is 2.26. The number of nitrogens with one attached hydrogen (secondary N) is 2. The Labute approximate surface area is 123 Å². The van der Waals surface area contributed by atoms with Gasteiger partial charge in [-0.15, -0.1) is 0 Å². The Morgan fingerprint density at radius 3 is 2.47 bits per heavy atom. The second-order valence-electron chi connectivity index (χ2n) is 4.46. The maximum absolute atomic E-state index is 9.06. The average molecular weight is 331 g/mol. The van der Waals surface area contributed by atoms with Crippen LogP contribution in [0.5, 0.6) is 0 Å². The molecule has 6 heteroatoms. The highest BCUT2D eigenvalue weighted by Gasteiger charge is 2.11. The van der Waals surface area contributed by atoms with Gasteiger partial charge in [0.25, 0.3) is 0 Å². The Morgan fingerprint density at radius 1 is 1.21 bits per heavy atom. The SMILES string of the molecule is CCCC(CCO)CNc1ncnc(NCC)c1Br. The van der Waals surface area contributed by atoms with E-state index in [9.17, 15) is 0 Å². The lowest BCUT2D eigenvalue weighted by Gasteiger charge is -2.17. The van der Waals surface area contributed by atoms with Gasteiger partial charge in [-0.1, -0.05) is 13.3 Å². The first-order valence-electron chi connectivity index (χ1n) is 6.81. The molecule has 0 aliphatic carbocycles. The van der Waals surface area contributed by atoms with Crippen molar-refractivity contribution < 1.29 is 5.11 Å². The van der Waals surface area contributed by atoms with E-state index in [-0.39, 0.29) is 6.61 Å². The number of hydrogen-bond donors (Lipinski definition) is 3. The molecule has 0 aliphatic heterocycles. The number of aliphatic hydroxyl groups is 1. The van der Waals surface area contributed by atoms with Crippen molar-refractivity contribution in [1.29, 1.82) is 0 Å². The zero-order chi connectivity index (χ0) is 14.1. The monoisotopic (exact) mass is 330 g/mol. The molecule has 5 nitrogen and oxygen atoms in total. The van der Waals surface area contributed by atoms with Gasteiger partial charge < -0.3 is 15.7 Å². The third-order valence-electron chi connectivity index (χ3n) is 2.93. The quantitative estimate of drug-likeness (QED) is 0.649. The molecule has 1 aromatic heterocycles. The lowest BCUT2D eigenvalue weighted by molar-refractivity contribution is 0.255. The molecular formula is C13H23BrN4O. The van der Waals surface area contributed by atoms with Gasteiger partial charge in [0.15, 0.2) is 0 Å². The molecule has 0 spiro atoms. The van der Waals surface area contributed by atoms with Gasteiger partial charge >= 0.3 is 0 Å². The fraction of sp³-hybridized carbons (Fsp3) is 0.692. The first-order valence-corrected chi connectivity index (χ1v) is 7.61. The summed E-state index contributed by atoms with van der Waals surface area (Å²) < 4.78 is 0.857. The van der Waals surface area contributed by atoms with Crippen molar-refractivity contribution in [2.24, 2.45) is 5.92 Å². The van der Waals surface area contributed by atoms with Crippen molar-refractivity contribution >= 4 is 27.6 Å². The lowest BCUT2D eigenvalue weighted by atomic mass is 10.0. The van der Waals surface area contributed by atoms with Crippen molar-refractivity contribution in [2.45, 2.75) is 33.1 Å². The second kappa shape index (κ2) is 9.09. The molecule has 0 fully saturated rings. The molecule has 108 valence electrons. The highest BCUT2D eigenvalue weighted by atomic mass is 79.9. The molecule has 0 aliphatic rings. The van der Waals surface area contributed by atoms with E-state index < -0.39 is 0 Å². The molecule has 1 atom stereocenters. The molecule has 1 rings (SSSR count). The van der Waals surface area contributed by atoms with Gasteiger partial charge in [-0.3, -0.25) is 0 Å². The number of nitrogens with zero attached hydrogens (tertiary/aromatic N) is 2. The van der Waals surface area contributed by atoms with Gasteiger partial charge in [-0.05, 0) is 41.6 Å². The van der Waals surface area contributed by atoms with Crippen molar-refractivity contribution in [1.82, 2.24) is 9.97 Å². The molecule has 1 aromatic rings. The summed E-state index contributed by atoms with van der Waals surface area (Å²) >= 11 is 3.51. The van der Waals surface area contributed by atoms with Crippen LogP contribution >= 0.6 is 15.9 Å². The normalized spacial score (nSPS) is 12.2. The van der Waals surface area contributed by atoms with Crippen molar-refractivity contribution in [3.8, 4) is 0 Å². The first-order chi connectivity index (χ1) is 9.22. The number of aromatic nitrogens is 2. The zero-order valence-corrected chi connectivity index (χ0v) is 13.2. The lowest BCUT2D eigenvalue weighted by Crippen LogP contribution is -2.17. The van der Waals surface area contributed by atoms with Crippen LogP contribution in [0.4, 0.5) is 11.6 Å². The summed E-state index contributed by atoms with van der Waals surface area (Å²) in [7, 11) is 0. The molecule has 0 aromatic carbocycles. The fourth-order valence-electron chi connectivity index (χ4n) is 1.96. The van der Waals surface area contributed by atoms with E-state index in [1.807, 2.05) is 6.92 Å². The average Bonchev–Trinajstić information content (AvgIpc) is 2.40. The highest BCUT2D eigenvalue weighted by molar-refractivity contribution is 9.10. The molecule has 3 N–H and O–H groups in total. The predicted molar refractivity (Wildman–Crippen MR) is 82.5 cm³/mol. The molecule has 0 radical (unpaired) electrons. The van der Waals surface area contributed by atoms with Crippen LogP contribution < -0.4 is 10.6 Å². The number of rotatable bonds is 9. The Hall–Kier alpha value is -0.880.